The number of hydrogen-bond acceptors (Lipinski definition) is 5. The zero-order valence-electron chi connectivity index (χ0n) is 15.6. The van der Waals surface area contributed by atoms with E-state index >= 15 is 0 Å². The van der Waals surface area contributed by atoms with E-state index in [-0.39, 0.29) is 133 Å². The van der Waals surface area contributed by atoms with Crippen LogP contribution in [0.4, 0.5) is 0 Å². The SMILES string of the molecule is CC(O[C-]=O)C(C)O[C-]=O.CC1OC1C.O.[CH3-].[CH3-].[CH3-].[CH3-].[Y].[Y].[Y]. The molecule has 4 atom stereocenters. The zero-order chi connectivity index (χ0) is 11.8. The molecule has 137 valence electrons. The Morgan fingerprint density at radius 3 is 1.04 bits per heavy atom. The summed E-state index contributed by atoms with van der Waals surface area (Å²) in [6, 6.07) is 0. The molecule has 1 aliphatic rings. The Kier molecular flexibility index (Phi) is 86.3. The van der Waals surface area contributed by atoms with Crippen LogP contribution >= 0.6 is 0 Å². The van der Waals surface area contributed by atoms with E-state index < -0.39 is 12.2 Å². The second-order valence-corrected chi connectivity index (χ2v) is 3.36. The van der Waals surface area contributed by atoms with Gasteiger partial charge in [0.2, 0.25) is 0 Å². The summed E-state index contributed by atoms with van der Waals surface area (Å²) in [7, 11) is 0. The van der Waals surface area contributed by atoms with Gasteiger partial charge in [-0.1, -0.05) is 12.9 Å². The van der Waals surface area contributed by atoms with Crippen LogP contribution in [0, 0.1) is 29.7 Å². The normalized spacial score (nSPS) is 17.2. The average molecular weight is 561 g/mol. The van der Waals surface area contributed by atoms with Crippen molar-refractivity contribution in [1.82, 2.24) is 0 Å². The summed E-state index contributed by atoms with van der Waals surface area (Å²) < 4.78 is 13.6. The van der Waals surface area contributed by atoms with E-state index in [0.717, 1.165) is 0 Å². The number of epoxide rings is 1. The average Bonchev–Trinajstić information content (AvgIpc) is 2.81. The van der Waals surface area contributed by atoms with Crippen molar-refractivity contribution in [1.29, 1.82) is 0 Å². The van der Waals surface area contributed by atoms with Gasteiger partial charge in [0.05, 0.1) is 24.4 Å². The van der Waals surface area contributed by atoms with Gasteiger partial charge in [0, 0.05) is 98.1 Å². The van der Waals surface area contributed by atoms with Gasteiger partial charge in [0.15, 0.2) is 0 Å². The molecule has 1 heterocycles. The molecule has 0 aromatic carbocycles. The van der Waals surface area contributed by atoms with E-state index in [0.29, 0.717) is 12.2 Å². The molecule has 9 heteroatoms. The maximum Gasteiger partial charge on any atom is 0.0912 e. The molecular weight excluding hydrogens is 531 g/mol. The number of carbonyl (C=O) groups excluding carboxylic acids is 2. The van der Waals surface area contributed by atoms with Gasteiger partial charge in [-0.3, -0.25) is 0 Å². The van der Waals surface area contributed by atoms with Crippen LogP contribution in [0.1, 0.15) is 27.7 Å². The molecule has 0 saturated carbocycles. The molecular formula is C14H30O6Y3-6. The maximum atomic E-state index is 9.62. The maximum absolute atomic E-state index is 9.62. The summed E-state index contributed by atoms with van der Waals surface area (Å²) in [5.41, 5.74) is 0. The predicted octanol–water partition coefficient (Wildman–Crippen LogP) is 1.69. The first-order chi connectivity index (χ1) is 7.02. The van der Waals surface area contributed by atoms with Crippen LogP contribution in [-0.2, 0) is 122 Å². The Balaban J connectivity index is -0.0000000194. The third kappa shape index (κ3) is 36.0. The minimum absolute atomic E-state index is 0. The van der Waals surface area contributed by atoms with Crippen molar-refractivity contribution in [3.63, 3.8) is 0 Å². The fourth-order valence-electron chi connectivity index (χ4n) is 0.637. The zero-order valence-corrected chi connectivity index (χ0v) is 24.1. The first kappa shape index (κ1) is 56.2. The summed E-state index contributed by atoms with van der Waals surface area (Å²) in [5, 5.41) is 0. The van der Waals surface area contributed by atoms with Crippen molar-refractivity contribution >= 4 is 12.9 Å². The second kappa shape index (κ2) is 35.3. The molecule has 0 aromatic rings. The van der Waals surface area contributed by atoms with Crippen molar-refractivity contribution in [2.24, 2.45) is 0 Å². The van der Waals surface area contributed by atoms with E-state index in [1.165, 1.54) is 12.9 Å². The fourth-order valence-corrected chi connectivity index (χ4v) is 0.637. The van der Waals surface area contributed by atoms with Gasteiger partial charge in [-0.15, -0.1) is 0 Å². The minimum Gasteiger partial charge on any atom is -0.648 e. The van der Waals surface area contributed by atoms with Crippen LogP contribution in [0.15, 0.2) is 0 Å². The monoisotopic (exact) mass is 561 g/mol. The van der Waals surface area contributed by atoms with Crippen LogP contribution < -0.4 is 0 Å². The topological polar surface area (TPSA) is 96.6 Å². The second-order valence-electron chi connectivity index (χ2n) is 3.36. The van der Waals surface area contributed by atoms with E-state index in [1.54, 1.807) is 13.8 Å². The molecule has 0 aliphatic carbocycles. The summed E-state index contributed by atoms with van der Waals surface area (Å²) in [6.07, 6.45) is 0.155. The standard InChI is InChI=1S/C6H8O4.C4H8O.4CH3.H2O.3Y/c1-5(9-3-7)6(2)10-4-8;1-3-4(2)5-3;;;;;;;;/h5-6H,1-2H3;3-4H,1-2H3;4*1H3;1H2;;;/q-2;;4*-1;;;;. The Morgan fingerprint density at radius 2 is 0.957 bits per heavy atom. The first-order valence-corrected chi connectivity index (χ1v) is 4.74. The summed E-state index contributed by atoms with van der Waals surface area (Å²) in [6.45, 7) is 9.82. The molecule has 2 N–H and O–H groups in total. The van der Waals surface area contributed by atoms with Crippen LogP contribution in [0.3, 0.4) is 0 Å². The van der Waals surface area contributed by atoms with Crippen molar-refractivity contribution in [2.75, 3.05) is 0 Å². The first-order valence-electron chi connectivity index (χ1n) is 4.74. The van der Waals surface area contributed by atoms with E-state index in [1.807, 2.05) is 0 Å². The molecule has 4 unspecified atom stereocenters. The molecule has 6 nitrogen and oxygen atoms in total. The third-order valence-corrected chi connectivity index (χ3v) is 2.14. The minimum atomic E-state index is -0.473. The van der Waals surface area contributed by atoms with Gasteiger partial charge in [0.1, 0.15) is 0 Å². The summed E-state index contributed by atoms with van der Waals surface area (Å²) in [4.78, 5) is 19.2. The molecule has 1 saturated heterocycles. The largest absolute Gasteiger partial charge is 0.648 e. The van der Waals surface area contributed by atoms with Crippen LogP contribution in [-0.4, -0.2) is 42.8 Å². The molecule has 0 aromatic heterocycles. The number of ether oxygens (including phenoxy) is 3. The quantitative estimate of drug-likeness (QED) is 0.377. The van der Waals surface area contributed by atoms with Gasteiger partial charge >= 0.3 is 0 Å². The predicted molar refractivity (Wildman–Crippen MR) is 81.8 cm³/mol. The van der Waals surface area contributed by atoms with Crippen molar-refractivity contribution in [3.8, 4) is 0 Å². The van der Waals surface area contributed by atoms with Crippen LogP contribution in [0.25, 0.3) is 0 Å². The fraction of sp³-hybridized carbons (Fsp3) is 0.571. The Hall–Kier alpha value is 2.17. The van der Waals surface area contributed by atoms with Gasteiger partial charge < -0.3 is 59.0 Å². The number of hydrogen-bond donors (Lipinski definition) is 0. The Labute approximate surface area is 219 Å². The van der Waals surface area contributed by atoms with Crippen LogP contribution in [0.2, 0.25) is 0 Å². The van der Waals surface area contributed by atoms with Gasteiger partial charge in [0.25, 0.3) is 0 Å². The number of rotatable bonds is 5. The smallest absolute Gasteiger partial charge is 0.0912 e. The summed E-state index contributed by atoms with van der Waals surface area (Å²) >= 11 is 0. The molecule has 3 radical (unpaired) electrons. The van der Waals surface area contributed by atoms with Crippen molar-refractivity contribution < 1.29 is 127 Å². The van der Waals surface area contributed by atoms with E-state index in [9.17, 15) is 9.59 Å². The molecule has 1 fully saturated rings. The van der Waals surface area contributed by atoms with Crippen LogP contribution in [0.5, 0.6) is 0 Å². The molecule has 0 bridgehead atoms. The van der Waals surface area contributed by atoms with Gasteiger partial charge in [-0.05, 0) is 27.7 Å². The Morgan fingerprint density at radius 1 is 0.783 bits per heavy atom. The molecule has 0 amide bonds. The molecule has 23 heavy (non-hydrogen) atoms. The Bertz CT molecular complexity index is 191. The third-order valence-electron chi connectivity index (χ3n) is 2.14. The molecule has 0 spiro atoms. The summed E-state index contributed by atoms with van der Waals surface area (Å²) in [5.74, 6) is 0. The van der Waals surface area contributed by atoms with Crippen molar-refractivity contribution in [3.05, 3.63) is 29.7 Å². The molecule has 1 aliphatic heterocycles. The van der Waals surface area contributed by atoms with Gasteiger partial charge in [-0.25, -0.2) is 0 Å². The molecule has 1 rings (SSSR count). The van der Waals surface area contributed by atoms with E-state index in [2.05, 4.69) is 23.3 Å². The van der Waals surface area contributed by atoms with E-state index in [4.69, 9.17) is 4.74 Å². The van der Waals surface area contributed by atoms with Crippen molar-refractivity contribution in [2.45, 2.75) is 52.1 Å². The van der Waals surface area contributed by atoms with Gasteiger partial charge in [-0.2, -0.15) is 0 Å².